The van der Waals surface area contributed by atoms with E-state index in [-0.39, 0.29) is 0 Å². The second-order valence-corrected chi connectivity index (χ2v) is 10.9. The van der Waals surface area contributed by atoms with E-state index in [1.807, 2.05) is 11.3 Å². The maximum atomic E-state index is 5.20. The molecule has 2 heterocycles. The zero-order chi connectivity index (χ0) is 23.8. The SMILES string of the molecule is CCCc1ccc2scc(-c3nc4ccccc4n3Cc3c(C(C)C)cccc3C(C)C)c2c1. The van der Waals surface area contributed by atoms with Crippen molar-refractivity contribution in [3.8, 4) is 11.4 Å². The number of rotatable bonds is 7. The summed E-state index contributed by atoms with van der Waals surface area (Å²) in [5.41, 5.74) is 9.25. The van der Waals surface area contributed by atoms with Crippen LogP contribution in [-0.2, 0) is 13.0 Å². The van der Waals surface area contributed by atoms with Gasteiger partial charge in [-0.2, -0.15) is 0 Å². The fourth-order valence-corrected chi connectivity index (χ4v) is 6.10. The standard InChI is InChI=1S/C31H34N2S/c1-6-10-22-15-16-30-25(17-22)27(19-34-30)31-32-28-13-7-8-14-29(28)33(31)18-26-23(20(2)3)11-9-12-24(26)21(4)5/h7-9,11-17,19-21H,6,10,18H2,1-5H3. The van der Waals surface area contributed by atoms with Crippen LogP contribution in [0.25, 0.3) is 32.5 Å². The number of imidazole rings is 1. The lowest BCUT2D eigenvalue weighted by molar-refractivity contribution is 0.750. The van der Waals surface area contributed by atoms with Gasteiger partial charge in [-0.25, -0.2) is 4.98 Å². The average molecular weight is 467 g/mol. The van der Waals surface area contributed by atoms with Gasteiger partial charge < -0.3 is 4.57 Å². The number of benzene rings is 3. The van der Waals surface area contributed by atoms with E-state index in [2.05, 4.69) is 105 Å². The molecule has 0 aliphatic rings. The second-order valence-electron chi connectivity index (χ2n) is 9.96. The zero-order valence-corrected chi connectivity index (χ0v) is 21.7. The Labute approximate surface area is 207 Å². The predicted molar refractivity (Wildman–Crippen MR) is 148 cm³/mol. The van der Waals surface area contributed by atoms with E-state index in [4.69, 9.17) is 4.98 Å². The monoisotopic (exact) mass is 466 g/mol. The Morgan fingerprint density at radius 3 is 2.32 bits per heavy atom. The molecule has 0 bridgehead atoms. The van der Waals surface area contributed by atoms with Crippen molar-refractivity contribution < 1.29 is 0 Å². The molecule has 0 saturated carbocycles. The number of para-hydroxylation sites is 2. The smallest absolute Gasteiger partial charge is 0.142 e. The van der Waals surface area contributed by atoms with Crippen LogP contribution in [0.3, 0.4) is 0 Å². The van der Waals surface area contributed by atoms with E-state index in [1.54, 1.807) is 0 Å². The fourth-order valence-electron chi connectivity index (χ4n) is 5.18. The third-order valence-corrected chi connectivity index (χ3v) is 7.84. The molecule has 0 unspecified atom stereocenters. The van der Waals surface area contributed by atoms with Crippen LogP contribution < -0.4 is 0 Å². The molecule has 3 heteroatoms. The highest BCUT2D eigenvalue weighted by Gasteiger charge is 2.20. The molecule has 0 atom stereocenters. The number of hydrogen-bond acceptors (Lipinski definition) is 2. The van der Waals surface area contributed by atoms with Crippen molar-refractivity contribution in [3.05, 3.63) is 88.3 Å². The molecule has 0 aliphatic heterocycles. The van der Waals surface area contributed by atoms with Gasteiger partial charge in [0.2, 0.25) is 0 Å². The summed E-state index contributed by atoms with van der Waals surface area (Å²) in [5, 5.41) is 3.63. The molecule has 5 rings (SSSR count). The summed E-state index contributed by atoms with van der Waals surface area (Å²) in [6.45, 7) is 12.3. The average Bonchev–Trinajstić information content (AvgIpc) is 3.40. The third-order valence-electron chi connectivity index (χ3n) is 6.88. The fraction of sp³-hybridized carbons (Fsp3) is 0.323. The minimum absolute atomic E-state index is 0.477. The van der Waals surface area contributed by atoms with E-state index in [0.29, 0.717) is 11.8 Å². The van der Waals surface area contributed by atoms with Crippen LogP contribution >= 0.6 is 11.3 Å². The zero-order valence-electron chi connectivity index (χ0n) is 20.9. The quantitative estimate of drug-likeness (QED) is 0.234. The van der Waals surface area contributed by atoms with Crippen LogP contribution in [0.5, 0.6) is 0 Å². The van der Waals surface area contributed by atoms with Crippen molar-refractivity contribution in [2.75, 3.05) is 0 Å². The topological polar surface area (TPSA) is 17.8 Å². The molecule has 0 saturated heterocycles. The molecule has 3 aromatic carbocycles. The molecular weight excluding hydrogens is 432 g/mol. The van der Waals surface area contributed by atoms with E-state index >= 15 is 0 Å². The Morgan fingerprint density at radius 1 is 0.882 bits per heavy atom. The Kier molecular flexibility index (Phi) is 6.31. The molecule has 0 radical (unpaired) electrons. The maximum Gasteiger partial charge on any atom is 0.142 e. The van der Waals surface area contributed by atoms with Crippen molar-refractivity contribution in [2.24, 2.45) is 0 Å². The van der Waals surface area contributed by atoms with Gasteiger partial charge in [-0.15, -0.1) is 11.3 Å². The molecular formula is C31H34N2S. The lowest BCUT2D eigenvalue weighted by atomic mass is 9.88. The molecule has 0 N–H and O–H groups in total. The van der Waals surface area contributed by atoms with Gasteiger partial charge in [0, 0.05) is 21.0 Å². The van der Waals surface area contributed by atoms with Crippen LogP contribution in [0.15, 0.2) is 66.0 Å². The first-order valence-corrected chi connectivity index (χ1v) is 13.4. The van der Waals surface area contributed by atoms with Crippen LogP contribution in [-0.4, -0.2) is 9.55 Å². The van der Waals surface area contributed by atoms with Crippen LogP contribution in [0.1, 0.15) is 75.1 Å². The highest BCUT2D eigenvalue weighted by molar-refractivity contribution is 7.17. The molecule has 0 amide bonds. The number of hydrogen-bond donors (Lipinski definition) is 0. The molecule has 2 aromatic heterocycles. The van der Waals surface area contributed by atoms with Gasteiger partial charge in [-0.05, 0) is 64.8 Å². The summed E-state index contributed by atoms with van der Waals surface area (Å²) < 4.78 is 3.79. The third kappa shape index (κ3) is 4.07. The van der Waals surface area contributed by atoms with E-state index in [9.17, 15) is 0 Å². The number of thiophene rings is 1. The van der Waals surface area contributed by atoms with Gasteiger partial charge in [0.25, 0.3) is 0 Å². The number of nitrogens with zero attached hydrogens (tertiary/aromatic N) is 2. The first kappa shape index (κ1) is 22.9. The largest absolute Gasteiger partial charge is 0.319 e. The maximum absolute atomic E-state index is 5.20. The minimum Gasteiger partial charge on any atom is -0.319 e. The Balaban J connectivity index is 1.74. The van der Waals surface area contributed by atoms with Crippen molar-refractivity contribution >= 4 is 32.5 Å². The van der Waals surface area contributed by atoms with Gasteiger partial charge in [-0.1, -0.05) is 77.4 Å². The molecule has 174 valence electrons. The Morgan fingerprint density at radius 2 is 1.62 bits per heavy atom. The summed E-state index contributed by atoms with van der Waals surface area (Å²) >= 11 is 1.82. The van der Waals surface area contributed by atoms with Gasteiger partial charge in [0.1, 0.15) is 5.82 Å². The molecule has 0 spiro atoms. The number of aryl methyl sites for hydroxylation is 1. The van der Waals surface area contributed by atoms with Crippen molar-refractivity contribution in [2.45, 2.75) is 65.8 Å². The van der Waals surface area contributed by atoms with Crippen LogP contribution in [0, 0.1) is 0 Å². The molecule has 0 aliphatic carbocycles. The summed E-state index contributed by atoms with van der Waals surface area (Å²) in [5.74, 6) is 2.03. The Bertz CT molecular complexity index is 1430. The molecule has 2 nitrogen and oxygen atoms in total. The van der Waals surface area contributed by atoms with E-state index in [0.717, 1.165) is 30.7 Å². The molecule has 34 heavy (non-hydrogen) atoms. The van der Waals surface area contributed by atoms with Gasteiger partial charge in [0.05, 0.1) is 17.6 Å². The van der Waals surface area contributed by atoms with Gasteiger partial charge >= 0.3 is 0 Å². The Hall–Kier alpha value is -2.91. The van der Waals surface area contributed by atoms with Crippen molar-refractivity contribution in [1.82, 2.24) is 9.55 Å². The number of fused-ring (bicyclic) bond motifs is 2. The number of aromatic nitrogens is 2. The molecule has 0 fully saturated rings. The normalized spacial score (nSPS) is 12.0. The lowest BCUT2D eigenvalue weighted by Gasteiger charge is -2.21. The first-order valence-electron chi connectivity index (χ1n) is 12.5. The highest BCUT2D eigenvalue weighted by atomic mass is 32.1. The summed E-state index contributed by atoms with van der Waals surface area (Å²) in [7, 11) is 0. The molecule has 5 aromatic rings. The second kappa shape index (κ2) is 9.38. The predicted octanol–water partition coefficient (Wildman–Crippen LogP) is 9.17. The first-order chi connectivity index (χ1) is 16.5. The summed E-state index contributed by atoms with van der Waals surface area (Å²) in [4.78, 5) is 5.20. The van der Waals surface area contributed by atoms with Gasteiger partial charge in [0.15, 0.2) is 0 Å². The summed E-state index contributed by atoms with van der Waals surface area (Å²) in [6, 6.07) is 22.4. The van der Waals surface area contributed by atoms with Crippen LogP contribution in [0.2, 0.25) is 0 Å². The summed E-state index contributed by atoms with van der Waals surface area (Å²) in [6.07, 6.45) is 2.27. The minimum atomic E-state index is 0.477. The van der Waals surface area contributed by atoms with E-state index < -0.39 is 0 Å². The van der Waals surface area contributed by atoms with E-state index in [1.165, 1.54) is 43.4 Å². The van der Waals surface area contributed by atoms with Crippen molar-refractivity contribution in [1.29, 1.82) is 0 Å². The van der Waals surface area contributed by atoms with Gasteiger partial charge in [-0.3, -0.25) is 0 Å². The lowest BCUT2D eigenvalue weighted by Crippen LogP contribution is -2.10. The highest BCUT2D eigenvalue weighted by Crippen LogP contribution is 2.37. The van der Waals surface area contributed by atoms with Crippen molar-refractivity contribution in [3.63, 3.8) is 0 Å². The van der Waals surface area contributed by atoms with Crippen LogP contribution in [0.4, 0.5) is 0 Å².